The number of hydrogen-bond donors (Lipinski definition) is 0. The zero-order valence-corrected chi connectivity index (χ0v) is 11.9. The van der Waals surface area contributed by atoms with E-state index in [0.717, 1.165) is 23.9 Å². The van der Waals surface area contributed by atoms with Gasteiger partial charge in [-0.1, -0.05) is 0 Å². The molecule has 0 amide bonds. The fraction of sp³-hybridized carbons (Fsp3) is 1.00. The van der Waals surface area contributed by atoms with Gasteiger partial charge < -0.3 is 4.90 Å². The Morgan fingerprint density at radius 2 is 1.53 bits per heavy atom. The van der Waals surface area contributed by atoms with Gasteiger partial charge in [0.2, 0.25) is 0 Å². The summed E-state index contributed by atoms with van der Waals surface area (Å²) in [5.41, 5.74) is 0.632. The maximum atomic E-state index is 2.78. The molecule has 0 bridgehead atoms. The summed E-state index contributed by atoms with van der Waals surface area (Å²) in [6, 6.07) is 1.50. The summed E-state index contributed by atoms with van der Waals surface area (Å²) in [5.74, 6) is 2.00. The third-order valence-corrected chi connectivity index (χ3v) is 5.67. The molecule has 1 spiro atoms. The molecule has 1 aliphatic carbocycles. The third-order valence-electron chi connectivity index (χ3n) is 5.67. The van der Waals surface area contributed by atoms with Gasteiger partial charge in [0.25, 0.3) is 0 Å². The van der Waals surface area contributed by atoms with Crippen molar-refractivity contribution in [3.05, 3.63) is 0 Å². The van der Waals surface area contributed by atoms with E-state index in [9.17, 15) is 0 Å². The quantitative estimate of drug-likeness (QED) is 0.727. The lowest BCUT2D eigenvalue weighted by Gasteiger charge is -2.54. The largest absolute Gasteiger partial charge is 0.300 e. The zero-order chi connectivity index (χ0) is 12.2. The van der Waals surface area contributed by atoms with E-state index in [0.29, 0.717) is 5.54 Å². The SMILES string of the molecule is CC(C)N1CC2CC3(CCN3C(C)C)CC2C1. The van der Waals surface area contributed by atoms with Crippen LogP contribution >= 0.6 is 0 Å². The topological polar surface area (TPSA) is 6.48 Å². The normalized spacial score (nSPS) is 42.7. The summed E-state index contributed by atoms with van der Waals surface area (Å²) in [4.78, 5) is 5.48. The summed E-state index contributed by atoms with van der Waals surface area (Å²) in [7, 11) is 0. The van der Waals surface area contributed by atoms with Crippen molar-refractivity contribution in [1.82, 2.24) is 9.80 Å². The maximum absolute atomic E-state index is 2.78. The zero-order valence-electron chi connectivity index (χ0n) is 11.9. The molecular formula is C15H28N2. The molecule has 3 fully saturated rings. The van der Waals surface area contributed by atoms with Gasteiger partial charge >= 0.3 is 0 Å². The van der Waals surface area contributed by atoms with E-state index >= 15 is 0 Å². The molecule has 2 saturated heterocycles. The first kappa shape index (κ1) is 12.0. The van der Waals surface area contributed by atoms with Crippen LogP contribution in [0.25, 0.3) is 0 Å². The van der Waals surface area contributed by atoms with Gasteiger partial charge in [0.1, 0.15) is 0 Å². The van der Waals surface area contributed by atoms with Crippen LogP contribution in [0.3, 0.4) is 0 Å². The average molecular weight is 236 g/mol. The fourth-order valence-electron chi connectivity index (χ4n) is 4.72. The van der Waals surface area contributed by atoms with Crippen LogP contribution in [-0.2, 0) is 0 Å². The van der Waals surface area contributed by atoms with Gasteiger partial charge in [-0.25, -0.2) is 0 Å². The number of hydrogen-bond acceptors (Lipinski definition) is 2. The van der Waals surface area contributed by atoms with Gasteiger partial charge in [-0.05, 0) is 58.8 Å². The lowest BCUT2D eigenvalue weighted by atomic mass is 9.80. The first-order chi connectivity index (χ1) is 8.02. The Bertz CT molecular complexity index is 283. The lowest BCUT2D eigenvalue weighted by Crippen LogP contribution is -2.61. The van der Waals surface area contributed by atoms with E-state index in [4.69, 9.17) is 0 Å². The summed E-state index contributed by atoms with van der Waals surface area (Å²) >= 11 is 0. The monoisotopic (exact) mass is 236 g/mol. The van der Waals surface area contributed by atoms with Crippen molar-refractivity contribution in [3.8, 4) is 0 Å². The molecule has 0 aromatic carbocycles. The Labute approximate surface area is 106 Å². The Morgan fingerprint density at radius 3 is 1.88 bits per heavy atom. The van der Waals surface area contributed by atoms with Crippen molar-refractivity contribution in [2.75, 3.05) is 19.6 Å². The Kier molecular flexibility index (Phi) is 2.79. The molecule has 0 aromatic rings. The molecule has 3 rings (SSSR count). The van der Waals surface area contributed by atoms with Crippen molar-refractivity contribution in [2.45, 2.75) is 64.6 Å². The van der Waals surface area contributed by atoms with Crippen molar-refractivity contribution in [2.24, 2.45) is 11.8 Å². The second-order valence-electron chi connectivity index (χ2n) is 7.24. The summed E-state index contributed by atoms with van der Waals surface area (Å²) in [6.45, 7) is 13.5. The van der Waals surface area contributed by atoms with Crippen LogP contribution in [0.15, 0.2) is 0 Å². The van der Waals surface area contributed by atoms with Crippen molar-refractivity contribution >= 4 is 0 Å². The van der Waals surface area contributed by atoms with Gasteiger partial charge in [0.05, 0.1) is 0 Å². The standard InChI is InChI=1S/C15H28N2/c1-11(2)16-9-13-7-15(8-14(13)10-16)5-6-17(15)12(3)4/h11-14H,5-10H2,1-4H3. The highest BCUT2D eigenvalue weighted by Gasteiger charge is 2.56. The van der Waals surface area contributed by atoms with Gasteiger partial charge in [0.15, 0.2) is 0 Å². The molecule has 1 saturated carbocycles. The molecule has 2 nitrogen and oxygen atoms in total. The van der Waals surface area contributed by atoms with E-state index in [1.54, 1.807) is 0 Å². The van der Waals surface area contributed by atoms with E-state index in [2.05, 4.69) is 37.5 Å². The second-order valence-corrected chi connectivity index (χ2v) is 7.24. The van der Waals surface area contributed by atoms with Crippen LogP contribution in [0.2, 0.25) is 0 Å². The Hall–Kier alpha value is -0.0800. The first-order valence-corrected chi connectivity index (χ1v) is 7.53. The van der Waals surface area contributed by atoms with E-state index in [1.165, 1.54) is 38.9 Å². The molecule has 0 aromatic heterocycles. The molecule has 2 atom stereocenters. The van der Waals surface area contributed by atoms with Crippen LogP contribution in [0.1, 0.15) is 47.0 Å². The lowest BCUT2D eigenvalue weighted by molar-refractivity contribution is -0.0428. The minimum Gasteiger partial charge on any atom is -0.300 e. The highest BCUT2D eigenvalue weighted by Crippen LogP contribution is 2.53. The number of fused-ring (bicyclic) bond motifs is 1. The number of nitrogens with zero attached hydrogens (tertiary/aromatic N) is 2. The molecule has 2 aliphatic heterocycles. The van der Waals surface area contributed by atoms with E-state index < -0.39 is 0 Å². The molecule has 2 unspecified atom stereocenters. The van der Waals surface area contributed by atoms with Gasteiger partial charge in [-0.2, -0.15) is 0 Å². The van der Waals surface area contributed by atoms with Crippen LogP contribution in [0.4, 0.5) is 0 Å². The smallest absolute Gasteiger partial charge is 0.0230 e. The predicted octanol–water partition coefficient (Wildman–Crippen LogP) is 2.59. The molecule has 2 heteroatoms. The van der Waals surface area contributed by atoms with E-state index in [-0.39, 0.29) is 0 Å². The number of rotatable bonds is 2. The molecule has 3 aliphatic rings. The second kappa shape index (κ2) is 3.96. The van der Waals surface area contributed by atoms with Crippen LogP contribution < -0.4 is 0 Å². The summed E-state index contributed by atoms with van der Waals surface area (Å²) in [5, 5.41) is 0. The predicted molar refractivity (Wildman–Crippen MR) is 72.1 cm³/mol. The minimum absolute atomic E-state index is 0.632. The Morgan fingerprint density at radius 1 is 0.941 bits per heavy atom. The number of likely N-dealkylation sites (tertiary alicyclic amines) is 2. The van der Waals surface area contributed by atoms with Gasteiger partial charge in [-0.3, -0.25) is 4.90 Å². The molecule has 0 radical (unpaired) electrons. The van der Waals surface area contributed by atoms with Gasteiger partial charge in [0, 0.05) is 37.3 Å². The fourth-order valence-corrected chi connectivity index (χ4v) is 4.72. The Balaban J connectivity index is 1.66. The maximum Gasteiger partial charge on any atom is 0.0230 e. The van der Waals surface area contributed by atoms with Crippen LogP contribution in [0.5, 0.6) is 0 Å². The van der Waals surface area contributed by atoms with Gasteiger partial charge in [-0.15, -0.1) is 0 Å². The highest BCUT2D eigenvalue weighted by atomic mass is 15.3. The first-order valence-electron chi connectivity index (χ1n) is 7.53. The molecule has 98 valence electrons. The minimum atomic E-state index is 0.632. The summed E-state index contributed by atoms with van der Waals surface area (Å²) < 4.78 is 0. The average Bonchev–Trinajstić information content (AvgIpc) is 2.69. The van der Waals surface area contributed by atoms with Crippen molar-refractivity contribution in [1.29, 1.82) is 0 Å². The summed E-state index contributed by atoms with van der Waals surface area (Å²) in [6.07, 6.45) is 4.44. The molecule has 17 heavy (non-hydrogen) atoms. The highest BCUT2D eigenvalue weighted by molar-refractivity contribution is 5.11. The molecular weight excluding hydrogens is 208 g/mol. The van der Waals surface area contributed by atoms with Crippen LogP contribution in [0, 0.1) is 11.8 Å². The van der Waals surface area contributed by atoms with Crippen molar-refractivity contribution in [3.63, 3.8) is 0 Å². The third kappa shape index (κ3) is 1.76. The molecule has 0 N–H and O–H groups in total. The molecule has 2 heterocycles. The van der Waals surface area contributed by atoms with E-state index in [1.807, 2.05) is 0 Å². The van der Waals surface area contributed by atoms with Crippen LogP contribution in [-0.4, -0.2) is 47.1 Å². The van der Waals surface area contributed by atoms with Crippen molar-refractivity contribution < 1.29 is 0 Å².